The van der Waals surface area contributed by atoms with E-state index in [0.717, 1.165) is 24.3 Å². The van der Waals surface area contributed by atoms with E-state index in [1.165, 1.54) is 22.1 Å². The lowest BCUT2D eigenvalue weighted by Crippen LogP contribution is -2.07. The number of aryl methyl sites for hydroxylation is 2. The first kappa shape index (κ1) is 13.9. The number of pyridine rings is 1. The minimum Gasteiger partial charge on any atom is -0.370 e. The van der Waals surface area contributed by atoms with Crippen LogP contribution in [0.1, 0.15) is 49.8 Å². The fourth-order valence-corrected chi connectivity index (χ4v) is 2.37. The molecule has 0 radical (unpaired) electrons. The first-order valence-electron chi connectivity index (χ1n) is 7.19. The second kappa shape index (κ2) is 5.60. The van der Waals surface area contributed by atoms with Crippen LogP contribution in [-0.2, 0) is 0 Å². The lowest BCUT2D eigenvalue weighted by atomic mass is 9.98. The fraction of sp³-hybridized carbons (Fsp3) is 0.471. The summed E-state index contributed by atoms with van der Waals surface area (Å²) in [5.74, 6) is 1.54. The van der Waals surface area contributed by atoms with E-state index >= 15 is 0 Å². The Labute approximate surface area is 116 Å². The zero-order chi connectivity index (χ0) is 14.0. The molecule has 0 aliphatic rings. The molecular weight excluding hydrogens is 232 g/mol. The molecule has 1 heterocycles. The second-order valence-electron chi connectivity index (χ2n) is 5.60. The molecule has 0 aliphatic carbocycles. The van der Waals surface area contributed by atoms with Gasteiger partial charge in [0.2, 0.25) is 0 Å². The Kier molecular flexibility index (Phi) is 4.08. The van der Waals surface area contributed by atoms with E-state index in [4.69, 9.17) is 4.98 Å². The molecule has 2 nitrogen and oxygen atoms in total. The van der Waals surface area contributed by atoms with Crippen molar-refractivity contribution in [2.75, 3.05) is 11.9 Å². The summed E-state index contributed by atoms with van der Waals surface area (Å²) >= 11 is 0. The molecule has 0 atom stereocenters. The number of aromatic nitrogens is 1. The summed E-state index contributed by atoms with van der Waals surface area (Å²) in [6, 6.07) is 6.65. The molecule has 2 heteroatoms. The van der Waals surface area contributed by atoms with Crippen LogP contribution in [0.15, 0.2) is 18.2 Å². The highest BCUT2D eigenvalue weighted by Gasteiger charge is 2.12. The van der Waals surface area contributed by atoms with Gasteiger partial charge in [-0.2, -0.15) is 0 Å². The Bertz CT molecular complexity index is 585. The lowest BCUT2D eigenvalue weighted by molar-refractivity contribution is 0.856. The molecule has 19 heavy (non-hydrogen) atoms. The van der Waals surface area contributed by atoms with Crippen LogP contribution >= 0.6 is 0 Å². The Hall–Kier alpha value is -1.57. The molecule has 0 saturated heterocycles. The summed E-state index contributed by atoms with van der Waals surface area (Å²) in [4.78, 5) is 4.88. The van der Waals surface area contributed by atoms with Crippen LogP contribution in [0.3, 0.4) is 0 Å². The van der Waals surface area contributed by atoms with E-state index in [9.17, 15) is 0 Å². The van der Waals surface area contributed by atoms with Gasteiger partial charge < -0.3 is 5.32 Å². The predicted octanol–water partition coefficient (Wildman–Crippen LogP) is 4.80. The van der Waals surface area contributed by atoms with Gasteiger partial charge in [-0.1, -0.05) is 32.9 Å². The van der Waals surface area contributed by atoms with Crippen molar-refractivity contribution in [3.63, 3.8) is 0 Å². The Morgan fingerprint density at radius 3 is 2.47 bits per heavy atom. The van der Waals surface area contributed by atoms with E-state index in [1.54, 1.807) is 0 Å². The molecule has 1 aromatic heterocycles. The topological polar surface area (TPSA) is 24.9 Å². The van der Waals surface area contributed by atoms with Gasteiger partial charge in [0.1, 0.15) is 5.82 Å². The van der Waals surface area contributed by atoms with Gasteiger partial charge >= 0.3 is 0 Å². The molecule has 1 aromatic carbocycles. The minimum absolute atomic E-state index is 0.483. The van der Waals surface area contributed by atoms with Crippen molar-refractivity contribution in [2.24, 2.45) is 0 Å². The Morgan fingerprint density at radius 1 is 1.16 bits per heavy atom. The number of nitrogens with zero attached hydrogens (tertiary/aromatic N) is 1. The highest BCUT2D eigenvalue weighted by atomic mass is 15.0. The van der Waals surface area contributed by atoms with Crippen LogP contribution in [0.25, 0.3) is 10.9 Å². The first-order chi connectivity index (χ1) is 9.04. The quantitative estimate of drug-likeness (QED) is 0.850. The molecule has 1 N–H and O–H groups in total. The summed E-state index contributed by atoms with van der Waals surface area (Å²) in [5, 5.41) is 4.76. The van der Waals surface area contributed by atoms with Crippen LogP contribution in [0, 0.1) is 13.8 Å². The van der Waals surface area contributed by atoms with E-state index in [1.807, 2.05) is 0 Å². The molecular formula is C17H24N2. The zero-order valence-corrected chi connectivity index (χ0v) is 12.7. The smallest absolute Gasteiger partial charge is 0.130 e. The SMILES string of the molecule is CCCNc1nc2c(C)ccc(C)c2cc1C(C)C. The second-order valence-corrected chi connectivity index (χ2v) is 5.60. The van der Waals surface area contributed by atoms with Crippen LogP contribution < -0.4 is 5.32 Å². The average molecular weight is 256 g/mol. The van der Waals surface area contributed by atoms with Gasteiger partial charge in [0.15, 0.2) is 0 Å². The van der Waals surface area contributed by atoms with Gasteiger partial charge in [-0.25, -0.2) is 4.98 Å². The molecule has 0 bridgehead atoms. The van der Waals surface area contributed by atoms with Crippen LogP contribution in [0.5, 0.6) is 0 Å². The average Bonchev–Trinajstić information content (AvgIpc) is 2.39. The molecule has 2 rings (SSSR count). The summed E-state index contributed by atoms with van der Waals surface area (Å²) in [6.07, 6.45) is 1.12. The predicted molar refractivity (Wildman–Crippen MR) is 84.1 cm³/mol. The molecule has 0 saturated carbocycles. The number of nitrogens with one attached hydrogen (secondary N) is 1. The van der Waals surface area contributed by atoms with Gasteiger partial charge in [0.25, 0.3) is 0 Å². The normalized spacial score (nSPS) is 11.3. The van der Waals surface area contributed by atoms with Gasteiger partial charge in [-0.15, -0.1) is 0 Å². The fourth-order valence-electron chi connectivity index (χ4n) is 2.37. The van der Waals surface area contributed by atoms with Crippen molar-refractivity contribution in [3.8, 4) is 0 Å². The number of hydrogen-bond acceptors (Lipinski definition) is 2. The van der Waals surface area contributed by atoms with Crippen LogP contribution in [-0.4, -0.2) is 11.5 Å². The minimum atomic E-state index is 0.483. The monoisotopic (exact) mass is 256 g/mol. The maximum absolute atomic E-state index is 4.88. The zero-order valence-electron chi connectivity index (χ0n) is 12.7. The van der Waals surface area contributed by atoms with E-state index < -0.39 is 0 Å². The van der Waals surface area contributed by atoms with Gasteiger partial charge in [0, 0.05) is 11.9 Å². The van der Waals surface area contributed by atoms with Gasteiger partial charge in [-0.05, 0) is 48.9 Å². The number of fused-ring (bicyclic) bond motifs is 1. The highest BCUT2D eigenvalue weighted by Crippen LogP contribution is 2.29. The standard InChI is InChI=1S/C17H24N2/c1-6-9-18-17-14(11(2)3)10-15-12(4)7-8-13(5)16(15)19-17/h7-8,10-11H,6,9H2,1-5H3,(H,18,19). The lowest BCUT2D eigenvalue weighted by Gasteiger charge is -2.16. The maximum Gasteiger partial charge on any atom is 0.130 e. The molecule has 0 aliphatic heterocycles. The summed E-state index contributed by atoms with van der Waals surface area (Å²) < 4.78 is 0. The van der Waals surface area contributed by atoms with E-state index in [0.29, 0.717) is 5.92 Å². The molecule has 2 aromatic rings. The molecule has 0 spiro atoms. The van der Waals surface area contributed by atoms with Crippen molar-refractivity contribution in [1.29, 1.82) is 0 Å². The number of anilines is 1. The van der Waals surface area contributed by atoms with Gasteiger partial charge in [-0.3, -0.25) is 0 Å². The first-order valence-corrected chi connectivity index (χ1v) is 7.19. The maximum atomic E-state index is 4.88. The number of rotatable bonds is 4. The third-order valence-electron chi connectivity index (χ3n) is 3.60. The third-order valence-corrected chi connectivity index (χ3v) is 3.60. The van der Waals surface area contributed by atoms with Crippen molar-refractivity contribution in [1.82, 2.24) is 4.98 Å². The van der Waals surface area contributed by atoms with Crippen molar-refractivity contribution in [3.05, 3.63) is 34.9 Å². The van der Waals surface area contributed by atoms with E-state index in [2.05, 4.69) is 58.1 Å². The molecule has 102 valence electrons. The van der Waals surface area contributed by atoms with E-state index in [-0.39, 0.29) is 0 Å². The van der Waals surface area contributed by atoms with Crippen molar-refractivity contribution < 1.29 is 0 Å². The van der Waals surface area contributed by atoms with Gasteiger partial charge in [0.05, 0.1) is 5.52 Å². The molecule has 0 amide bonds. The highest BCUT2D eigenvalue weighted by molar-refractivity contribution is 5.87. The van der Waals surface area contributed by atoms with Crippen LogP contribution in [0.4, 0.5) is 5.82 Å². The Morgan fingerprint density at radius 2 is 1.84 bits per heavy atom. The summed E-state index contributed by atoms with van der Waals surface area (Å²) in [6.45, 7) is 11.9. The van der Waals surface area contributed by atoms with Crippen molar-refractivity contribution >= 4 is 16.7 Å². The number of benzene rings is 1. The summed E-state index contributed by atoms with van der Waals surface area (Å²) in [7, 11) is 0. The third kappa shape index (κ3) is 2.73. The Balaban J connectivity index is 2.65. The largest absolute Gasteiger partial charge is 0.370 e. The van der Waals surface area contributed by atoms with Crippen LogP contribution in [0.2, 0.25) is 0 Å². The summed E-state index contributed by atoms with van der Waals surface area (Å²) in [5.41, 5.74) is 4.99. The molecule has 0 fully saturated rings. The number of hydrogen-bond donors (Lipinski definition) is 1. The van der Waals surface area contributed by atoms with Crippen molar-refractivity contribution in [2.45, 2.75) is 47.0 Å². The molecule has 0 unspecified atom stereocenters.